The van der Waals surface area contributed by atoms with Gasteiger partial charge in [-0.05, 0) is 51.3 Å². The summed E-state index contributed by atoms with van der Waals surface area (Å²) in [6.07, 6.45) is 3.28. The second-order valence-electron chi connectivity index (χ2n) is 6.29. The first kappa shape index (κ1) is 14.1. The number of fused-ring (bicyclic) bond motifs is 1. The lowest BCUT2D eigenvalue weighted by Gasteiger charge is -2.24. The van der Waals surface area contributed by atoms with Gasteiger partial charge in [-0.15, -0.1) is 0 Å². The van der Waals surface area contributed by atoms with Crippen molar-refractivity contribution in [1.29, 1.82) is 0 Å². The number of aromatic nitrogens is 2. The molecule has 1 aliphatic carbocycles. The van der Waals surface area contributed by atoms with Gasteiger partial charge in [0.25, 0.3) is 0 Å². The average molecular weight is 285 g/mol. The Labute approximate surface area is 125 Å². The van der Waals surface area contributed by atoms with E-state index in [9.17, 15) is 4.79 Å². The fourth-order valence-corrected chi connectivity index (χ4v) is 3.03. The molecule has 0 atom stereocenters. The summed E-state index contributed by atoms with van der Waals surface area (Å²) >= 11 is 0. The third kappa shape index (κ3) is 2.67. The Balaban J connectivity index is 1.76. The molecule has 4 nitrogen and oxygen atoms in total. The highest BCUT2D eigenvalue weighted by Gasteiger charge is 2.24. The molecule has 21 heavy (non-hydrogen) atoms. The highest BCUT2D eigenvalue weighted by Crippen LogP contribution is 2.26. The highest BCUT2D eigenvalue weighted by molar-refractivity contribution is 5.80. The molecule has 0 radical (unpaired) electrons. The number of nitrogens with zero attached hydrogens (tertiary/aromatic N) is 2. The van der Waals surface area contributed by atoms with Gasteiger partial charge in [0.15, 0.2) is 0 Å². The Bertz CT molecular complexity index is 668. The van der Waals surface area contributed by atoms with E-state index in [-0.39, 0.29) is 11.8 Å². The molecule has 0 saturated heterocycles. The summed E-state index contributed by atoms with van der Waals surface area (Å²) in [7, 11) is 0. The van der Waals surface area contributed by atoms with E-state index in [0.717, 1.165) is 35.3 Å². The number of aryl methyl sites for hydroxylation is 1. The minimum Gasteiger partial charge on any atom is -0.352 e. The van der Waals surface area contributed by atoms with E-state index >= 15 is 0 Å². The Hall–Kier alpha value is -1.84. The molecule has 0 unspecified atom stereocenters. The second-order valence-corrected chi connectivity index (χ2v) is 6.29. The van der Waals surface area contributed by atoms with E-state index in [1.165, 1.54) is 6.42 Å². The maximum Gasteiger partial charge on any atom is 0.223 e. The normalized spacial score (nSPS) is 15.4. The first-order valence-electron chi connectivity index (χ1n) is 7.81. The molecular weight excluding hydrogens is 262 g/mol. The molecule has 0 spiro atoms. The fourth-order valence-electron chi connectivity index (χ4n) is 3.03. The van der Waals surface area contributed by atoms with Gasteiger partial charge in [-0.3, -0.25) is 4.79 Å². The Morgan fingerprint density at radius 3 is 2.81 bits per heavy atom. The van der Waals surface area contributed by atoms with E-state index in [0.29, 0.717) is 12.6 Å². The minimum atomic E-state index is 0.199. The lowest BCUT2D eigenvalue weighted by atomic mass is 9.85. The Morgan fingerprint density at radius 1 is 1.43 bits per heavy atom. The van der Waals surface area contributed by atoms with E-state index in [4.69, 9.17) is 0 Å². The second kappa shape index (κ2) is 5.51. The average Bonchev–Trinajstić information content (AvgIpc) is 2.69. The zero-order valence-electron chi connectivity index (χ0n) is 13.0. The van der Waals surface area contributed by atoms with Crippen LogP contribution in [0.5, 0.6) is 0 Å². The van der Waals surface area contributed by atoms with Gasteiger partial charge in [0.1, 0.15) is 5.82 Å². The van der Waals surface area contributed by atoms with Gasteiger partial charge in [0.05, 0.1) is 11.0 Å². The third-order valence-electron chi connectivity index (χ3n) is 4.39. The molecule has 1 aliphatic rings. The predicted molar refractivity (Wildman–Crippen MR) is 84.0 cm³/mol. The van der Waals surface area contributed by atoms with E-state index < -0.39 is 0 Å². The van der Waals surface area contributed by atoms with Gasteiger partial charge in [-0.2, -0.15) is 0 Å². The van der Waals surface area contributed by atoms with E-state index in [2.05, 4.69) is 46.9 Å². The van der Waals surface area contributed by atoms with Crippen molar-refractivity contribution >= 4 is 16.9 Å². The van der Waals surface area contributed by atoms with Crippen molar-refractivity contribution in [3.63, 3.8) is 0 Å². The van der Waals surface area contributed by atoms with Crippen LogP contribution in [0.1, 0.15) is 50.5 Å². The molecule has 3 rings (SSSR count). The Kier molecular flexibility index (Phi) is 3.70. The van der Waals surface area contributed by atoms with Crippen LogP contribution >= 0.6 is 0 Å². The van der Waals surface area contributed by atoms with Crippen LogP contribution in [0, 0.1) is 12.8 Å². The first-order valence-corrected chi connectivity index (χ1v) is 7.81. The molecule has 1 aromatic carbocycles. The predicted octanol–water partition coefficient (Wildman–Crippen LogP) is 3.34. The summed E-state index contributed by atoms with van der Waals surface area (Å²) in [5, 5.41) is 3.04. The van der Waals surface area contributed by atoms with Crippen LogP contribution in [-0.4, -0.2) is 15.5 Å². The van der Waals surface area contributed by atoms with Gasteiger partial charge in [0, 0.05) is 18.5 Å². The first-order chi connectivity index (χ1) is 10.1. The van der Waals surface area contributed by atoms with Crippen molar-refractivity contribution in [1.82, 2.24) is 14.9 Å². The molecule has 1 saturated carbocycles. The monoisotopic (exact) mass is 285 g/mol. The summed E-state index contributed by atoms with van der Waals surface area (Å²) in [4.78, 5) is 16.5. The van der Waals surface area contributed by atoms with Gasteiger partial charge >= 0.3 is 0 Å². The van der Waals surface area contributed by atoms with Crippen LogP contribution < -0.4 is 5.32 Å². The molecule has 1 amide bonds. The lowest BCUT2D eigenvalue weighted by Crippen LogP contribution is -2.33. The largest absolute Gasteiger partial charge is 0.352 e. The van der Waals surface area contributed by atoms with Crippen molar-refractivity contribution in [3.05, 3.63) is 29.6 Å². The number of amides is 1. The quantitative estimate of drug-likeness (QED) is 0.936. The minimum absolute atomic E-state index is 0.199. The van der Waals surface area contributed by atoms with Crippen molar-refractivity contribution in [3.8, 4) is 0 Å². The van der Waals surface area contributed by atoms with Crippen LogP contribution in [0.15, 0.2) is 18.2 Å². The van der Waals surface area contributed by atoms with Crippen molar-refractivity contribution in [2.75, 3.05) is 0 Å². The fraction of sp³-hybridized carbons (Fsp3) is 0.529. The topological polar surface area (TPSA) is 46.9 Å². The molecule has 112 valence electrons. The SMILES string of the molecule is Cc1nc2cc(CNC(=O)C3CCC3)ccc2n1C(C)C. The van der Waals surface area contributed by atoms with Crippen molar-refractivity contribution in [2.45, 2.75) is 52.6 Å². The third-order valence-corrected chi connectivity index (χ3v) is 4.39. The van der Waals surface area contributed by atoms with E-state index in [1.54, 1.807) is 0 Å². The number of hydrogen-bond donors (Lipinski definition) is 1. The van der Waals surface area contributed by atoms with Crippen molar-refractivity contribution in [2.24, 2.45) is 5.92 Å². The lowest BCUT2D eigenvalue weighted by molar-refractivity contribution is -0.127. The molecular formula is C17H23N3O. The van der Waals surface area contributed by atoms with Crippen LogP contribution in [0.25, 0.3) is 11.0 Å². The molecule has 1 fully saturated rings. The van der Waals surface area contributed by atoms with Crippen LogP contribution in [0.4, 0.5) is 0 Å². The summed E-state index contributed by atoms with van der Waals surface area (Å²) in [6.45, 7) is 6.97. The number of imidazole rings is 1. The van der Waals surface area contributed by atoms with Crippen LogP contribution in [0.2, 0.25) is 0 Å². The van der Waals surface area contributed by atoms with Gasteiger partial charge in [-0.25, -0.2) is 4.98 Å². The zero-order chi connectivity index (χ0) is 15.0. The molecule has 0 bridgehead atoms. The number of hydrogen-bond acceptors (Lipinski definition) is 2. The standard InChI is InChI=1S/C17H23N3O/c1-11(2)20-12(3)19-15-9-13(7-8-16(15)20)10-18-17(21)14-5-4-6-14/h7-9,11,14H,4-6,10H2,1-3H3,(H,18,21). The molecule has 2 aromatic rings. The maximum absolute atomic E-state index is 11.9. The summed E-state index contributed by atoms with van der Waals surface area (Å²) in [5.41, 5.74) is 3.29. The number of carbonyl (C=O) groups is 1. The van der Waals surface area contributed by atoms with Gasteiger partial charge in [-0.1, -0.05) is 12.5 Å². The van der Waals surface area contributed by atoms with E-state index in [1.807, 2.05) is 6.92 Å². The van der Waals surface area contributed by atoms with Gasteiger partial charge < -0.3 is 9.88 Å². The van der Waals surface area contributed by atoms with Gasteiger partial charge in [0.2, 0.25) is 5.91 Å². The molecule has 1 aromatic heterocycles. The Morgan fingerprint density at radius 2 is 2.19 bits per heavy atom. The molecule has 0 aliphatic heterocycles. The maximum atomic E-state index is 11.9. The smallest absolute Gasteiger partial charge is 0.223 e. The highest BCUT2D eigenvalue weighted by atomic mass is 16.1. The molecule has 4 heteroatoms. The number of benzene rings is 1. The summed E-state index contributed by atoms with van der Waals surface area (Å²) < 4.78 is 2.24. The zero-order valence-corrected chi connectivity index (χ0v) is 13.0. The number of rotatable bonds is 4. The van der Waals surface area contributed by atoms with Crippen molar-refractivity contribution < 1.29 is 4.79 Å². The van der Waals surface area contributed by atoms with Crippen LogP contribution in [-0.2, 0) is 11.3 Å². The number of nitrogens with one attached hydrogen (secondary N) is 1. The molecule has 1 N–H and O–H groups in total. The van der Waals surface area contributed by atoms with Crippen LogP contribution in [0.3, 0.4) is 0 Å². The molecule has 1 heterocycles. The summed E-state index contributed by atoms with van der Waals surface area (Å²) in [6, 6.07) is 6.69. The number of carbonyl (C=O) groups excluding carboxylic acids is 1. The summed E-state index contributed by atoms with van der Waals surface area (Å²) in [5.74, 6) is 1.48.